The first-order chi connectivity index (χ1) is 9.60. The molecule has 1 aliphatic rings. The van der Waals surface area contributed by atoms with Crippen LogP contribution in [0.25, 0.3) is 0 Å². The Hall–Kier alpha value is -1.60. The number of nitrogen functional groups attached to an aromatic ring is 1. The van der Waals surface area contributed by atoms with Crippen LogP contribution >= 0.6 is 11.6 Å². The Labute approximate surface area is 122 Å². The number of hydrogen-bond acceptors (Lipinski definition) is 7. The van der Waals surface area contributed by atoms with Crippen LogP contribution in [0.4, 0.5) is 11.5 Å². The minimum absolute atomic E-state index is 0.186. The van der Waals surface area contributed by atoms with Crippen LogP contribution in [0.5, 0.6) is 0 Å². The van der Waals surface area contributed by atoms with E-state index in [9.17, 15) is 4.79 Å². The second-order valence-electron chi connectivity index (χ2n) is 4.51. The van der Waals surface area contributed by atoms with Gasteiger partial charge in [0.1, 0.15) is 0 Å². The molecule has 1 fully saturated rings. The van der Waals surface area contributed by atoms with Crippen LogP contribution in [0.3, 0.4) is 0 Å². The minimum Gasteiger partial charge on any atom is -0.465 e. The Morgan fingerprint density at radius 1 is 1.40 bits per heavy atom. The molecule has 1 saturated heterocycles. The van der Waals surface area contributed by atoms with Crippen LogP contribution in [0, 0.1) is 0 Å². The van der Waals surface area contributed by atoms with Crippen molar-refractivity contribution in [2.75, 3.05) is 50.0 Å². The molecule has 0 aliphatic carbocycles. The van der Waals surface area contributed by atoms with Crippen LogP contribution in [0.15, 0.2) is 6.07 Å². The summed E-state index contributed by atoms with van der Waals surface area (Å²) in [6.07, 6.45) is 0. The van der Waals surface area contributed by atoms with E-state index >= 15 is 0 Å². The Kier molecular flexibility index (Phi) is 4.97. The van der Waals surface area contributed by atoms with Gasteiger partial charge in [-0.2, -0.15) is 0 Å². The molecule has 110 valence electrons. The molecule has 8 heteroatoms. The molecule has 1 aliphatic heterocycles. The van der Waals surface area contributed by atoms with E-state index in [0.717, 1.165) is 31.9 Å². The van der Waals surface area contributed by atoms with E-state index in [0.29, 0.717) is 24.1 Å². The van der Waals surface area contributed by atoms with Crippen molar-refractivity contribution in [3.63, 3.8) is 0 Å². The number of piperazine rings is 1. The summed E-state index contributed by atoms with van der Waals surface area (Å²) in [6, 6.07) is 1.71. The van der Waals surface area contributed by atoms with Crippen LogP contribution in [0.1, 0.15) is 6.92 Å². The van der Waals surface area contributed by atoms with Crippen LogP contribution in [-0.2, 0) is 9.53 Å². The van der Waals surface area contributed by atoms with Gasteiger partial charge in [0.05, 0.1) is 18.8 Å². The molecule has 0 saturated carbocycles. The summed E-state index contributed by atoms with van der Waals surface area (Å²) < 4.78 is 4.94. The zero-order valence-electron chi connectivity index (χ0n) is 11.4. The van der Waals surface area contributed by atoms with Crippen LogP contribution in [-0.4, -0.2) is 60.4 Å². The highest BCUT2D eigenvalue weighted by molar-refractivity contribution is 6.29. The number of aromatic nitrogens is 2. The molecule has 0 bridgehead atoms. The van der Waals surface area contributed by atoms with Crippen molar-refractivity contribution in [2.45, 2.75) is 6.92 Å². The van der Waals surface area contributed by atoms with Crippen molar-refractivity contribution in [3.8, 4) is 0 Å². The highest BCUT2D eigenvalue weighted by atomic mass is 35.5. The number of hydrogen-bond donors (Lipinski definition) is 1. The van der Waals surface area contributed by atoms with Crippen molar-refractivity contribution in [1.82, 2.24) is 15.1 Å². The van der Waals surface area contributed by atoms with Gasteiger partial charge >= 0.3 is 5.97 Å². The van der Waals surface area contributed by atoms with Crippen molar-refractivity contribution >= 4 is 29.1 Å². The zero-order valence-corrected chi connectivity index (χ0v) is 12.1. The van der Waals surface area contributed by atoms with Gasteiger partial charge in [-0.15, -0.1) is 10.2 Å². The van der Waals surface area contributed by atoms with Gasteiger partial charge in [-0.1, -0.05) is 11.6 Å². The molecule has 1 aromatic rings. The second kappa shape index (κ2) is 6.71. The number of nitrogens with zero attached hydrogens (tertiary/aromatic N) is 4. The Balaban J connectivity index is 1.91. The molecule has 1 aromatic heterocycles. The fourth-order valence-corrected chi connectivity index (χ4v) is 2.30. The maximum Gasteiger partial charge on any atom is 0.320 e. The number of halogens is 1. The fourth-order valence-electron chi connectivity index (χ4n) is 2.16. The number of rotatable bonds is 4. The topological polar surface area (TPSA) is 84.6 Å². The van der Waals surface area contributed by atoms with E-state index in [-0.39, 0.29) is 5.97 Å². The summed E-state index contributed by atoms with van der Waals surface area (Å²) in [5.74, 6) is 0.183. The third-order valence-electron chi connectivity index (χ3n) is 3.14. The van der Waals surface area contributed by atoms with Gasteiger partial charge in [-0.3, -0.25) is 9.69 Å². The van der Waals surface area contributed by atoms with Crippen molar-refractivity contribution < 1.29 is 9.53 Å². The summed E-state index contributed by atoms with van der Waals surface area (Å²) in [5.41, 5.74) is 6.61. The summed E-state index contributed by atoms with van der Waals surface area (Å²) in [6.45, 7) is 5.58. The van der Waals surface area contributed by atoms with Gasteiger partial charge in [-0.25, -0.2) is 0 Å². The van der Waals surface area contributed by atoms with Gasteiger partial charge in [0, 0.05) is 32.2 Å². The fraction of sp³-hybridized carbons (Fsp3) is 0.583. The normalized spacial score (nSPS) is 16.2. The monoisotopic (exact) mass is 299 g/mol. The first kappa shape index (κ1) is 14.8. The molecule has 2 N–H and O–H groups in total. The molecule has 0 spiro atoms. The van der Waals surface area contributed by atoms with Gasteiger partial charge < -0.3 is 15.4 Å². The van der Waals surface area contributed by atoms with E-state index in [4.69, 9.17) is 22.1 Å². The van der Waals surface area contributed by atoms with Crippen LogP contribution < -0.4 is 10.6 Å². The van der Waals surface area contributed by atoms with Gasteiger partial charge in [-0.05, 0) is 6.92 Å². The smallest absolute Gasteiger partial charge is 0.320 e. The third-order valence-corrected chi connectivity index (χ3v) is 3.33. The first-order valence-corrected chi connectivity index (χ1v) is 6.89. The molecule has 0 atom stereocenters. The lowest BCUT2D eigenvalue weighted by molar-refractivity contribution is -0.144. The summed E-state index contributed by atoms with van der Waals surface area (Å²) >= 11 is 5.84. The zero-order chi connectivity index (χ0) is 14.5. The second-order valence-corrected chi connectivity index (χ2v) is 4.89. The molecule has 2 rings (SSSR count). The quantitative estimate of drug-likeness (QED) is 0.805. The first-order valence-electron chi connectivity index (χ1n) is 6.51. The van der Waals surface area contributed by atoms with Gasteiger partial charge in [0.2, 0.25) is 0 Å². The van der Waals surface area contributed by atoms with E-state index in [2.05, 4.69) is 20.0 Å². The van der Waals surface area contributed by atoms with Crippen molar-refractivity contribution in [3.05, 3.63) is 11.2 Å². The highest BCUT2D eigenvalue weighted by Crippen LogP contribution is 2.24. The Morgan fingerprint density at radius 2 is 2.10 bits per heavy atom. The van der Waals surface area contributed by atoms with Gasteiger partial charge in [0.25, 0.3) is 0 Å². The van der Waals surface area contributed by atoms with Crippen LogP contribution in [0.2, 0.25) is 5.15 Å². The number of carbonyl (C=O) groups is 1. The molecule has 0 unspecified atom stereocenters. The average molecular weight is 300 g/mol. The average Bonchev–Trinajstić information content (AvgIpc) is 2.43. The maximum absolute atomic E-state index is 11.4. The highest BCUT2D eigenvalue weighted by Gasteiger charge is 2.21. The summed E-state index contributed by atoms with van der Waals surface area (Å²) in [4.78, 5) is 15.6. The molecular weight excluding hydrogens is 282 g/mol. The molecule has 0 aromatic carbocycles. The van der Waals surface area contributed by atoms with E-state index in [1.165, 1.54) is 0 Å². The Morgan fingerprint density at radius 3 is 2.75 bits per heavy atom. The molecular formula is C12H18ClN5O2. The van der Waals surface area contributed by atoms with Crippen molar-refractivity contribution in [2.24, 2.45) is 0 Å². The largest absolute Gasteiger partial charge is 0.465 e. The molecule has 2 heterocycles. The molecule has 7 nitrogen and oxygen atoms in total. The predicted octanol–water partition coefficient (Wildman–Crippen LogP) is 0.397. The molecule has 0 amide bonds. The lowest BCUT2D eigenvalue weighted by atomic mass is 10.2. The molecule has 0 radical (unpaired) electrons. The van der Waals surface area contributed by atoms with E-state index in [1.807, 2.05) is 0 Å². The summed E-state index contributed by atoms with van der Waals surface area (Å²) in [5, 5.41) is 7.84. The number of carbonyl (C=O) groups excluding carboxylic acids is 1. The number of nitrogens with two attached hydrogens (primary N) is 1. The lowest BCUT2D eigenvalue weighted by Crippen LogP contribution is -2.48. The molecule has 20 heavy (non-hydrogen) atoms. The van der Waals surface area contributed by atoms with Crippen molar-refractivity contribution in [1.29, 1.82) is 0 Å². The maximum atomic E-state index is 11.4. The Bertz CT molecular complexity index is 477. The standard InChI is InChI=1S/C12H18ClN5O2/c1-2-20-11(19)8-17-3-5-18(6-4-17)9-7-10(13)15-16-12(9)14/h7H,2-6,8H2,1H3,(H2,14,16). The number of esters is 1. The van der Waals surface area contributed by atoms with E-state index in [1.54, 1.807) is 13.0 Å². The predicted molar refractivity (Wildman–Crippen MR) is 76.7 cm³/mol. The third kappa shape index (κ3) is 3.71. The van der Waals surface area contributed by atoms with E-state index < -0.39 is 0 Å². The SMILES string of the molecule is CCOC(=O)CN1CCN(c2cc(Cl)nnc2N)CC1. The minimum atomic E-state index is -0.186. The summed E-state index contributed by atoms with van der Waals surface area (Å²) in [7, 11) is 0. The lowest BCUT2D eigenvalue weighted by Gasteiger charge is -2.35. The number of ether oxygens (including phenoxy) is 1. The van der Waals surface area contributed by atoms with Gasteiger partial charge in [0.15, 0.2) is 11.0 Å². The number of anilines is 2.